The number of quaternary nitrogens is 2. The summed E-state index contributed by atoms with van der Waals surface area (Å²) in [7, 11) is 1.30. The zero-order chi connectivity index (χ0) is 15.3. The molecule has 112 valence electrons. The maximum absolute atomic E-state index is 11.6. The lowest BCUT2D eigenvalue weighted by Gasteiger charge is -2.21. The van der Waals surface area contributed by atoms with E-state index in [0.717, 1.165) is 12.1 Å². The normalized spacial score (nSPS) is 13.7. The van der Waals surface area contributed by atoms with Crippen LogP contribution in [0.5, 0.6) is 5.75 Å². The predicted octanol–water partition coefficient (Wildman–Crippen LogP) is -0.759. The minimum atomic E-state index is -1.39. The maximum Gasteiger partial charge on any atom is 0.232 e. The lowest BCUT2D eigenvalue weighted by molar-refractivity contribution is -1.01. The first-order valence-electron chi connectivity index (χ1n) is 5.89. The van der Waals surface area contributed by atoms with Gasteiger partial charge in [0.1, 0.15) is 5.75 Å². The molecular weight excluding hydrogens is 270 g/mol. The van der Waals surface area contributed by atoms with Crippen molar-refractivity contribution < 1.29 is 30.4 Å². The van der Waals surface area contributed by atoms with Crippen molar-refractivity contribution in [2.75, 3.05) is 12.4 Å². The Balaban J connectivity index is 3.23. The summed E-state index contributed by atoms with van der Waals surface area (Å²) in [6, 6.07) is 2.16. The van der Waals surface area contributed by atoms with E-state index in [1.807, 2.05) is 6.92 Å². The van der Waals surface area contributed by atoms with E-state index in [4.69, 9.17) is 15.2 Å². The molecule has 0 spiro atoms. The van der Waals surface area contributed by atoms with E-state index in [2.05, 4.69) is 5.32 Å². The highest BCUT2D eigenvalue weighted by atomic mass is 16.8. The zero-order valence-electron chi connectivity index (χ0n) is 11.1. The number of rotatable bonds is 6. The second-order valence-corrected chi connectivity index (χ2v) is 4.01. The van der Waals surface area contributed by atoms with Crippen molar-refractivity contribution in [1.29, 1.82) is 0 Å². The number of anilines is 1. The van der Waals surface area contributed by atoms with E-state index in [9.17, 15) is 15.2 Å². The summed E-state index contributed by atoms with van der Waals surface area (Å²) in [6.07, 6.45) is 0.902. The predicted molar refractivity (Wildman–Crippen MR) is 68.1 cm³/mol. The van der Waals surface area contributed by atoms with E-state index in [-0.39, 0.29) is 23.8 Å². The smallest absolute Gasteiger partial charge is 0.232 e. The number of carbonyl (C=O) groups excluding carboxylic acids is 1. The lowest BCUT2D eigenvalue weighted by atomic mass is 10.2. The first kappa shape index (κ1) is 16.3. The summed E-state index contributed by atoms with van der Waals surface area (Å²) < 4.78 is 4.98. The third-order valence-electron chi connectivity index (χ3n) is 2.55. The Morgan fingerprint density at radius 2 is 1.85 bits per heavy atom. The van der Waals surface area contributed by atoms with Crippen LogP contribution in [0.15, 0.2) is 12.1 Å². The summed E-state index contributed by atoms with van der Waals surface area (Å²) >= 11 is 0. The average molecular weight is 287 g/mol. The Labute approximate surface area is 115 Å². The summed E-state index contributed by atoms with van der Waals surface area (Å²) in [5, 5.41) is 39.8. The number of ether oxygens (including phenoxy) is 1. The Bertz CT molecular complexity index is 477. The standard InChI is InChI=1S/C11H17N3O6/c1-3-4-11(15)12-7-5-8(13(16)17)9(14(18)19)6-10(7)20-2/h5-6,13-14,16,18H,3-4H2,1-2H3,(H,12,15). The molecule has 9 heteroatoms. The van der Waals surface area contributed by atoms with Gasteiger partial charge in [-0.1, -0.05) is 6.92 Å². The van der Waals surface area contributed by atoms with Crippen molar-refractivity contribution in [3.05, 3.63) is 22.5 Å². The van der Waals surface area contributed by atoms with Gasteiger partial charge >= 0.3 is 0 Å². The van der Waals surface area contributed by atoms with Gasteiger partial charge < -0.3 is 20.5 Å². The molecule has 5 N–H and O–H groups in total. The van der Waals surface area contributed by atoms with Crippen molar-refractivity contribution in [3.8, 4) is 5.75 Å². The number of hydrogen-bond acceptors (Lipinski definition) is 6. The molecule has 0 saturated heterocycles. The summed E-state index contributed by atoms with van der Waals surface area (Å²) in [5.41, 5.74) is -0.679. The van der Waals surface area contributed by atoms with Crippen LogP contribution in [-0.2, 0) is 4.79 Å². The van der Waals surface area contributed by atoms with Crippen LogP contribution in [-0.4, -0.2) is 23.4 Å². The molecule has 0 aliphatic rings. The third kappa shape index (κ3) is 3.87. The first-order chi connectivity index (χ1) is 9.40. The lowest BCUT2D eigenvalue weighted by Crippen LogP contribution is -3.04. The number of methoxy groups -OCH3 is 1. The van der Waals surface area contributed by atoms with Crippen LogP contribution in [0, 0.1) is 10.4 Å². The molecular formula is C11H17N3O6. The highest BCUT2D eigenvalue weighted by molar-refractivity contribution is 5.93. The van der Waals surface area contributed by atoms with E-state index in [0.29, 0.717) is 6.42 Å². The Hall–Kier alpha value is -1.75. The molecule has 0 radical (unpaired) electrons. The van der Waals surface area contributed by atoms with Crippen molar-refractivity contribution in [2.45, 2.75) is 19.8 Å². The molecule has 0 fully saturated rings. The van der Waals surface area contributed by atoms with Gasteiger partial charge in [-0.05, 0) is 6.42 Å². The Morgan fingerprint density at radius 1 is 1.30 bits per heavy atom. The van der Waals surface area contributed by atoms with Crippen LogP contribution < -0.4 is 20.5 Å². The molecule has 9 nitrogen and oxygen atoms in total. The van der Waals surface area contributed by atoms with Gasteiger partial charge in [-0.3, -0.25) is 4.79 Å². The molecule has 20 heavy (non-hydrogen) atoms. The van der Waals surface area contributed by atoms with Crippen LogP contribution in [0.4, 0.5) is 17.1 Å². The third-order valence-corrected chi connectivity index (χ3v) is 2.55. The molecule has 1 aromatic rings. The Kier molecular flexibility index (Phi) is 5.82. The van der Waals surface area contributed by atoms with Gasteiger partial charge in [-0.15, -0.1) is 0 Å². The number of amides is 1. The fraction of sp³-hybridized carbons (Fsp3) is 0.364. The van der Waals surface area contributed by atoms with Gasteiger partial charge in [0.15, 0.2) is 0 Å². The fourth-order valence-electron chi connectivity index (χ4n) is 1.64. The van der Waals surface area contributed by atoms with Crippen LogP contribution in [0.3, 0.4) is 0 Å². The first-order valence-corrected chi connectivity index (χ1v) is 5.89. The van der Waals surface area contributed by atoms with E-state index in [1.54, 1.807) is 0 Å². The maximum atomic E-state index is 11.6. The molecule has 1 amide bonds. The second kappa shape index (κ2) is 7.14. The monoisotopic (exact) mass is 287 g/mol. The molecule has 2 atom stereocenters. The quantitative estimate of drug-likeness (QED) is 0.437. The Morgan fingerprint density at radius 3 is 2.30 bits per heavy atom. The van der Waals surface area contributed by atoms with Crippen LogP contribution in [0.2, 0.25) is 0 Å². The van der Waals surface area contributed by atoms with E-state index < -0.39 is 21.8 Å². The van der Waals surface area contributed by atoms with Crippen LogP contribution in [0.25, 0.3) is 0 Å². The summed E-state index contributed by atoms with van der Waals surface area (Å²) in [6.45, 7) is 1.83. The number of nitrogens with one attached hydrogen (secondary N) is 3. The van der Waals surface area contributed by atoms with Gasteiger partial charge in [0.2, 0.25) is 17.3 Å². The zero-order valence-corrected chi connectivity index (χ0v) is 11.1. The SMILES string of the molecule is CCCC(=O)Nc1cc([NH+]([O-])O)c([NH+]([O-])O)cc1OC. The molecule has 1 aromatic carbocycles. The highest BCUT2D eigenvalue weighted by Gasteiger charge is 2.21. The molecule has 0 bridgehead atoms. The van der Waals surface area contributed by atoms with Crippen molar-refractivity contribution in [2.24, 2.45) is 0 Å². The summed E-state index contributed by atoms with van der Waals surface area (Å²) in [4.78, 5) is 11.6. The number of carbonyl (C=O) groups is 1. The van der Waals surface area contributed by atoms with E-state index in [1.165, 1.54) is 7.11 Å². The van der Waals surface area contributed by atoms with Crippen molar-refractivity contribution in [1.82, 2.24) is 0 Å². The van der Waals surface area contributed by atoms with Gasteiger partial charge in [-0.2, -0.15) is 10.5 Å². The van der Waals surface area contributed by atoms with Crippen LogP contribution >= 0.6 is 0 Å². The number of hydrogen-bond donors (Lipinski definition) is 5. The molecule has 0 aliphatic carbocycles. The van der Waals surface area contributed by atoms with Gasteiger partial charge in [-0.25, -0.2) is 10.4 Å². The summed E-state index contributed by atoms with van der Waals surface area (Å²) in [5.74, 6) is -0.206. The fourth-order valence-corrected chi connectivity index (χ4v) is 1.64. The topological polar surface area (TPSA) is 134 Å². The average Bonchev–Trinajstić information content (AvgIpc) is 2.38. The largest absolute Gasteiger partial charge is 0.595 e. The molecule has 2 unspecified atom stereocenters. The van der Waals surface area contributed by atoms with Gasteiger partial charge in [0.25, 0.3) is 0 Å². The molecule has 0 saturated carbocycles. The highest BCUT2D eigenvalue weighted by Crippen LogP contribution is 2.31. The van der Waals surface area contributed by atoms with Gasteiger partial charge in [0.05, 0.1) is 18.9 Å². The van der Waals surface area contributed by atoms with E-state index >= 15 is 0 Å². The van der Waals surface area contributed by atoms with Crippen LogP contribution in [0.1, 0.15) is 19.8 Å². The molecule has 0 aromatic heterocycles. The van der Waals surface area contributed by atoms with Crippen molar-refractivity contribution in [3.63, 3.8) is 0 Å². The van der Waals surface area contributed by atoms with Gasteiger partial charge in [0, 0.05) is 12.5 Å². The molecule has 0 aliphatic heterocycles. The second-order valence-electron chi connectivity index (χ2n) is 4.01. The molecule has 1 rings (SSSR count). The number of benzene rings is 1. The van der Waals surface area contributed by atoms with Crippen molar-refractivity contribution >= 4 is 23.0 Å². The minimum absolute atomic E-state index is 0.0943. The molecule has 0 heterocycles. The minimum Gasteiger partial charge on any atom is -0.595 e.